The van der Waals surface area contributed by atoms with E-state index >= 15 is 0 Å². The molecule has 4 aromatic heterocycles. The maximum Gasteiger partial charge on any atom is 0.410 e. The Hall–Kier alpha value is -8.84. The van der Waals surface area contributed by atoms with Gasteiger partial charge in [-0.2, -0.15) is 0 Å². The quantitative estimate of drug-likeness (QED) is 0.0694. The number of carbonyl (C=O) groups is 4. The van der Waals surface area contributed by atoms with Crippen LogP contribution in [0.4, 0.5) is 9.59 Å². The molecule has 6 aliphatic heterocycles. The van der Waals surface area contributed by atoms with Gasteiger partial charge in [0.15, 0.2) is 0 Å². The van der Waals surface area contributed by atoms with Crippen LogP contribution in [0.1, 0.15) is 103 Å². The fraction of sp³-hybridized carbons (Fsp3) is 0.442. The molecule has 8 aromatic rings. The molecule has 4 aromatic carbocycles. The van der Waals surface area contributed by atoms with E-state index in [0.29, 0.717) is 140 Å². The summed E-state index contributed by atoms with van der Waals surface area (Å²) in [5, 5.41) is 1.87. The highest BCUT2D eigenvalue weighted by molar-refractivity contribution is 6.40. The number of rotatable bonds is 20. The van der Waals surface area contributed by atoms with Crippen LogP contribution >= 0.6 is 46.4 Å². The van der Waals surface area contributed by atoms with Gasteiger partial charge in [0.2, 0.25) is 23.6 Å². The number of likely N-dealkylation sites (tertiary alicyclic amines) is 4. The molecule has 0 N–H and O–H groups in total. The van der Waals surface area contributed by atoms with Gasteiger partial charge >= 0.3 is 12.2 Å². The van der Waals surface area contributed by atoms with Crippen LogP contribution < -0.4 is 18.9 Å². The molecule has 22 nitrogen and oxygen atoms in total. The lowest BCUT2D eigenvalue weighted by molar-refractivity contribution is -0.191. The normalized spacial score (nSPS) is 16.9. The van der Waals surface area contributed by atoms with E-state index in [1.165, 1.54) is 0 Å². The maximum absolute atomic E-state index is 13.6. The molecule has 26 heteroatoms. The number of nitrogens with zero attached hydrogens (tertiary/aromatic N) is 10. The van der Waals surface area contributed by atoms with Gasteiger partial charge in [-0.15, -0.1) is 0 Å². The average Bonchev–Trinajstić information content (AvgIpc) is 0.757. The molecular weight excluding hydrogens is 1510 g/mol. The first-order valence-electron chi connectivity index (χ1n) is 38.0. The zero-order chi connectivity index (χ0) is 79.6. The summed E-state index contributed by atoms with van der Waals surface area (Å²) >= 11 is 28.7. The molecule has 0 bridgehead atoms. The van der Waals surface area contributed by atoms with E-state index in [0.717, 1.165) is 122 Å². The Labute approximate surface area is 675 Å². The minimum atomic E-state index is -0.678. The molecule has 6 fully saturated rings. The second-order valence-electron chi connectivity index (χ2n) is 32.1. The summed E-state index contributed by atoms with van der Waals surface area (Å²) in [6.07, 6.45) is 5.19. The first-order valence-corrected chi connectivity index (χ1v) is 39.5. The summed E-state index contributed by atoms with van der Waals surface area (Å²) in [4.78, 5) is 82.1. The minimum absolute atomic E-state index is 0.0321. The van der Waals surface area contributed by atoms with Gasteiger partial charge in [0.1, 0.15) is 22.7 Å². The highest BCUT2D eigenvalue weighted by Crippen LogP contribution is 2.47. The fourth-order valence-corrected chi connectivity index (χ4v) is 17.1. The molecule has 6 aliphatic rings. The van der Waals surface area contributed by atoms with Crippen LogP contribution in [0.2, 0.25) is 20.1 Å². The third kappa shape index (κ3) is 18.0. The Balaban J connectivity index is 0.000000196. The molecule has 0 saturated carbocycles. The fourth-order valence-electron chi connectivity index (χ4n) is 15.8. The zero-order valence-electron chi connectivity index (χ0n) is 65.7. The number of methoxy groups -OCH3 is 4. The predicted octanol–water partition coefficient (Wildman–Crippen LogP) is 16.8. The van der Waals surface area contributed by atoms with Crippen LogP contribution in [-0.2, 0) is 54.7 Å². The van der Waals surface area contributed by atoms with E-state index in [1.54, 1.807) is 64.5 Å². The average molecular weight is 1610 g/mol. The number of hydrogen-bond donors (Lipinski definition) is 0. The first-order chi connectivity index (χ1) is 53.5. The Morgan fingerprint density at radius 3 is 1.13 bits per heavy atom. The highest BCUT2D eigenvalue weighted by atomic mass is 35.5. The first kappa shape index (κ1) is 81.2. The minimum Gasteiger partial charge on any atom is -0.496 e. The Morgan fingerprint density at radius 2 is 0.812 bits per heavy atom. The van der Waals surface area contributed by atoms with Crippen molar-refractivity contribution >= 4 is 70.4 Å². The number of benzene rings is 4. The molecule has 112 heavy (non-hydrogen) atoms. The van der Waals surface area contributed by atoms with Gasteiger partial charge in [-0.05, 0) is 116 Å². The van der Waals surface area contributed by atoms with Crippen molar-refractivity contribution in [1.82, 2.24) is 49.3 Å². The van der Waals surface area contributed by atoms with Crippen LogP contribution in [0, 0.1) is 10.8 Å². The van der Waals surface area contributed by atoms with Crippen LogP contribution in [0.3, 0.4) is 0 Å². The molecule has 0 atom stereocenters. The van der Waals surface area contributed by atoms with Crippen molar-refractivity contribution in [2.45, 2.75) is 131 Å². The van der Waals surface area contributed by atoms with E-state index < -0.39 is 23.4 Å². The second kappa shape index (κ2) is 34.1. The van der Waals surface area contributed by atoms with Gasteiger partial charge in [-0.1, -0.05) is 107 Å². The molecular formula is C86H98Cl4N10O12. The molecule has 10 heterocycles. The van der Waals surface area contributed by atoms with Crippen molar-refractivity contribution in [3.63, 3.8) is 0 Å². The monoisotopic (exact) mass is 1600 g/mol. The number of aromatic nitrogens is 4. The summed E-state index contributed by atoms with van der Waals surface area (Å²) in [5.74, 6) is 2.37. The van der Waals surface area contributed by atoms with Crippen LogP contribution in [0.25, 0.3) is 67.3 Å². The summed E-state index contributed by atoms with van der Waals surface area (Å²) in [6, 6.07) is 34.7. The Morgan fingerprint density at radius 1 is 0.464 bits per heavy atom. The molecule has 0 aliphatic carbocycles. The highest BCUT2D eigenvalue weighted by Gasteiger charge is 2.50. The lowest BCUT2D eigenvalue weighted by atomic mass is 9.78. The van der Waals surface area contributed by atoms with Gasteiger partial charge in [-0.25, -0.2) is 19.6 Å². The third-order valence-corrected chi connectivity index (χ3v) is 23.2. The maximum atomic E-state index is 13.6. The van der Waals surface area contributed by atoms with Crippen molar-refractivity contribution in [3.8, 4) is 90.5 Å². The van der Waals surface area contributed by atoms with E-state index in [-0.39, 0.29) is 37.0 Å². The smallest absolute Gasteiger partial charge is 0.410 e. The predicted molar refractivity (Wildman–Crippen MR) is 434 cm³/mol. The summed E-state index contributed by atoms with van der Waals surface area (Å²) in [5.41, 5.74) is 11.4. The molecule has 0 unspecified atom stereocenters. The molecule has 592 valence electrons. The largest absolute Gasteiger partial charge is 0.496 e. The SMILES string of the molecule is COc1cc(-c2nccc(-c3cccc(-c4ccc(CN(C(=O)OC(C)(C)C)C5CCN(C(C)=O)CC5)c(OC)n4)c3Cl)c2Cl)ccc1CN1CC2(COC2)C1.COc1cc(-c2nccc(-c3cccc(-c4ccc(CN(C(=O)OC(C)(C)C)C5CCN(C(C)=O)CC5)c(OC)n4)c3Cl)c2Cl)ccc1CN1CC2(COC2)C1. The lowest BCUT2D eigenvalue weighted by Crippen LogP contribution is -2.65. The van der Waals surface area contributed by atoms with Crippen molar-refractivity contribution in [3.05, 3.63) is 164 Å². The number of hydrogen-bond acceptors (Lipinski definition) is 18. The second-order valence-corrected chi connectivity index (χ2v) is 33.6. The number of carbonyl (C=O) groups excluding carboxylic acids is 4. The number of amides is 4. The van der Waals surface area contributed by atoms with E-state index in [4.69, 9.17) is 94.3 Å². The summed E-state index contributed by atoms with van der Waals surface area (Å²) in [6.45, 7) is 26.1. The Bertz CT molecular complexity index is 4500. The number of pyridine rings is 4. The topological polar surface area (TPSA) is 213 Å². The van der Waals surface area contributed by atoms with Gasteiger partial charge < -0.3 is 57.5 Å². The van der Waals surface area contributed by atoms with Gasteiger partial charge in [0.05, 0.1) is 111 Å². The number of halogens is 4. The van der Waals surface area contributed by atoms with Crippen molar-refractivity contribution in [2.24, 2.45) is 10.8 Å². The van der Waals surface area contributed by atoms with Crippen LogP contribution in [0.15, 0.2) is 122 Å². The van der Waals surface area contributed by atoms with Gasteiger partial charge in [-0.3, -0.25) is 29.4 Å². The molecule has 0 radical (unpaired) electrons. The van der Waals surface area contributed by atoms with E-state index in [1.807, 2.05) is 148 Å². The van der Waals surface area contributed by atoms with Crippen molar-refractivity contribution in [2.75, 3.05) is 107 Å². The molecule has 14 rings (SSSR count). The molecule has 2 spiro atoms. The van der Waals surface area contributed by atoms with Crippen LogP contribution in [-0.4, -0.2) is 204 Å². The third-order valence-electron chi connectivity index (χ3n) is 21.6. The van der Waals surface area contributed by atoms with Crippen molar-refractivity contribution in [1.29, 1.82) is 0 Å². The van der Waals surface area contributed by atoms with Gasteiger partial charge in [0.25, 0.3) is 0 Å². The van der Waals surface area contributed by atoms with E-state index in [2.05, 4.69) is 31.9 Å². The molecule has 6 saturated heterocycles. The van der Waals surface area contributed by atoms with Gasteiger partial charge in [0, 0.05) is 181 Å². The lowest BCUT2D eigenvalue weighted by Gasteiger charge is -2.55. The number of ether oxygens (including phenoxy) is 8. The van der Waals surface area contributed by atoms with Crippen molar-refractivity contribution < 1.29 is 57.1 Å². The summed E-state index contributed by atoms with van der Waals surface area (Å²) < 4.78 is 45.8. The summed E-state index contributed by atoms with van der Waals surface area (Å²) in [7, 11) is 6.48. The Kier molecular flexibility index (Phi) is 24.7. The van der Waals surface area contributed by atoms with Crippen LogP contribution in [0.5, 0.6) is 23.3 Å². The standard InChI is InChI=1S/2C43H49Cl2N5O6/c2*1-27(51)49-18-15-31(16-19-49)50(41(52)56-42(2,3)4)22-30-12-13-35(47-40(30)54-6)34-9-7-8-32(37(34)44)33-14-17-46-39(38(33)45)28-10-11-29(36(20-28)53-5)21-48-23-43(24-48)25-55-26-43/h2*7-14,17,20,31H,15-16,18-19,21-26H2,1-6H3. The zero-order valence-corrected chi connectivity index (χ0v) is 68.8. The van der Waals surface area contributed by atoms with E-state index in [9.17, 15) is 19.2 Å². The number of piperidine rings is 2. The molecule has 4 amide bonds.